The summed E-state index contributed by atoms with van der Waals surface area (Å²) >= 11 is 0. The van der Waals surface area contributed by atoms with Crippen molar-refractivity contribution in [3.63, 3.8) is 0 Å². The van der Waals surface area contributed by atoms with Crippen LogP contribution in [0.2, 0.25) is 0 Å². The van der Waals surface area contributed by atoms with Gasteiger partial charge in [0, 0.05) is 12.6 Å². The minimum Gasteiger partial charge on any atom is -0.323 e. The zero-order valence-corrected chi connectivity index (χ0v) is 7.20. The van der Waals surface area contributed by atoms with Gasteiger partial charge in [-0.25, -0.2) is 4.68 Å². The molecule has 0 saturated carbocycles. The second kappa shape index (κ2) is 3.00. The van der Waals surface area contributed by atoms with Crippen LogP contribution in [0.5, 0.6) is 0 Å². The molecule has 11 heavy (non-hydrogen) atoms. The molecular formula is C7H14N4. The third-order valence-corrected chi connectivity index (χ3v) is 1.75. The van der Waals surface area contributed by atoms with Crippen molar-refractivity contribution in [1.29, 1.82) is 0 Å². The van der Waals surface area contributed by atoms with Gasteiger partial charge < -0.3 is 5.73 Å². The summed E-state index contributed by atoms with van der Waals surface area (Å²) < 4.78 is 1.85. The number of nitrogens with two attached hydrogens (primary N) is 1. The number of aromatic nitrogens is 3. The summed E-state index contributed by atoms with van der Waals surface area (Å²) in [5.74, 6) is 0. The van der Waals surface area contributed by atoms with Crippen LogP contribution in [0.4, 0.5) is 0 Å². The number of nitrogens with zero attached hydrogens (tertiary/aromatic N) is 3. The lowest BCUT2D eigenvalue weighted by atomic mass is 10.2. The van der Waals surface area contributed by atoms with Crippen LogP contribution in [0.1, 0.15) is 31.3 Å². The molecule has 0 aromatic carbocycles. The Morgan fingerprint density at radius 3 is 2.55 bits per heavy atom. The van der Waals surface area contributed by atoms with E-state index in [4.69, 9.17) is 5.73 Å². The maximum absolute atomic E-state index is 5.67. The fourth-order valence-electron chi connectivity index (χ4n) is 1.09. The molecule has 0 fully saturated rings. The lowest BCUT2D eigenvalue weighted by Crippen LogP contribution is -2.08. The molecule has 1 aromatic heterocycles. The average molecular weight is 154 g/mol. The summed E-state index contributed by atoms with van der Waals surface area (Å²) in [7, 11) is 0. The minimum atomic E-state index is -0.0182. The molecular weight excluding hydrogens is 140 g/mol. The quantitative estimate of drug-likeness (QED) is 0.679. The minimum absolute atomic E-state index is 0.0182. The molecule has 0 bridgehead atoms. The van der Waals surface area contributed by atoms with Crippen molar-refractivity contribution in [3.05, 3.63) is 11.4 Å². The maximum Gasteiger partial charge on any atom is 0.102 e. The highest BCUT2D eigenvalue weighted by atomic mass is 15.4. The molecule has 0 aliphatic rings. The highest BCUT2D eigenvalue weighted by Crippen LogP contribution is 2.10. The van der Waals surface area contributed by atoms with E-state index in [1.54, 1.807) is 0 Å². The topological polar surface area (TPSA) is 56.7 Å². The fraction of sp³-hybridized carbons (Fsp3) is 0.714. The first kappa shape index (κ1) is 8.20. The Kier molecular flexibility index (Phi) is 2.24. The third-order valence-electron chi connectivity index (χ3n) is 1.75. The lowest BCUT2D eigenvalue weighted by molar-refractivity contribution is 0.611. The maximum atomic E-state index is 5.67. The summed E-state index contributed by atoms with van der Waals surface area (Å²) in [5.41, 5.74) is 7.63. The number of hydrogen-bond acceptors (Lipinski definition) is 3. The summed E-state index contributed by atoms with van der Waals surface area (Å²) in [6.45, 7) is 6.79. The van der Waals surface area contributed by atoms with Crippen LogP contribution in [-0.2, 0) is 6.54 Å². The van der Waals surface area contributed by atoms with Gasteiger partial charge in [-0.2, -0.15) is 0 Å². The first-order valence-corrected chi connectivity index (χ1v) is 3.82. The Balaban J connectivity index is 3.00. The fourth-order valence-corrected chi connectivity index (χ4v) is 1.09. The summed E-state index contributed by atoms with van der Waals surface area (Å²) in [6.07, 6.45) is 0. The van der Waals surface area contributed by atoms with Crippen LogP contribution in [0.25, 0.3) is 0 Å². The van der Waals surface area contributed by atoms with Crippen molar-refractivity contribution in [3.8, 4) is 0 Å². The largest absolute Gasteiger partial charge is 0.323 e. The highest BCUT2D eigenvalue weighted by molar-refractivity contribution is 5.11. The van der Waals surface area contributed by atoms with Crippen LogP contribution in [0.3, 0.4) is 0 Å². The van der Waals surface area contributed by atoms with E-state index in [0.29, 0.717) is 0 Å². The van der Waals surface area contributed by atoms with Gasteiger partial charge in [-0.3, -0.25) is 0 Å². The van der Waals surface area contributed by atoms with Crippen molar-refractivity contribution in [2.24, 2.45) is 5.73 Å². The van der Waals surface area contributed by atoms with Gasteiger partial charge in [0.2, 0.25) is 0 Å². The van der Waals surface area contributed by atoms with Gasteiger partial charge in [-0.1, -0.05) is 5.21 Å². The summed E-state index contributed by atoms with van der Waals surface area (Å²) in [5, 5.41) is 7.92. The van der Waals surface area contributed by atoms with Gasteiger partial charge in [-0.05, 0) is 20.8 Å². The zero-order valence-electron chi connectivity index (χ0n) is 7.20. The van der Waals surface area contributed by atoms with Crippen molar-refractivity contribution in [2.75, 3.05) is 0 Å². The summed E-state index contributed by atoms with van der Waals surface area (Å²) in [4.78, 5) is 0. The van der Waals surface area contributed by atoms with Crippen LogP contribution in [0.15, 0.2) is 0 Å². The molecule has 0 saturated heterocycles. The Hall–Kier alpha value is -0.900. The molecule has 0 spiro atoms. The first-order chi connectivity index (χ1) is 5.16. The Morgan fingerprint density at radius 1 is 1.64 bits per heavy atom. The van der Waals surface area contributed by atoms with E-state index in [-0.39, 0.29) is 6.04 Å². The van der Waals surface area contributed by atoms with E-state index >= 15 is 0 Å². The van der Waals surface area contributed by atoms with E-state index in [9.17, 15) is 0 Å². The SMILES string of the molecule is CCn1nnc(C(C)N)c1C. The van der Waals surface area contributed by atoms with Gasteiger partial charge in [0.1, 0.15) is 5.69 Å². The lowest BCUT2D eigenvalue weighted by Gasteiger charge is -2.01. The Labute approximate surface area is 66.4 Å². The van der Waals surface area contributed by atoms with E-state index in [0.717, 1.165) is 17.9 Å². The van der Waals surface area contributed by atoms with Gasteiger partial charge >= 0.3 is 0 Å². The molecule has 62 valence electrons. The molecule has 2 N–H and O–H groups in total. The normalized spacial score (nSPS) is 13.5. The van der Waals surface area contributed by atoms with E-state index in [1.807, 2.05) is 25.5 Å². The standard InChI is InChI=1S/C7H14N4/c1-4-11-6(3)7(5(2)8)9-10-11/h5H,4,8H2,1-3H3. The van der Waals surface area contributed by atoms with Crippen LogP contribution in [-0.4, -0.2) is 15.0 Å². The molecule has 4 heteroatoms. The average Bonchev–Trinajstić information content (AvgIpc) is 2.30. The van der Waals surface area contributed by atoms with Crippen molar-refractivity contribution >= 4 is 0 Å². The highest BCUT2D eigenvalue weighted by Gasteiger charge is 2.09. The van der Waals surface area contributed by atoms with Crippen molar-refractivity contribution in [1.82, 2.24) is 15.0 Å². The van der Waals surface area contributed by atoms with Gasteiger partial charge in [0.05, 0.1) is 5.69 Å². The van der Waals surface area contributed by atoms with E-state index in [2.05, 4.69) is 10.3 Å². The second-order valence-electron chi connectivity index (χ2n) is 2.66. The van der Waals surface area contributed by atoms with Gasteiger partial charge in [0.25, 0.3) is 0 Å². The smallest absolute Gasteiger partial charge is 0.102 e. The number of rotatable bonds is 2. The molecule has 0 aliphatic heterocycles. The first-order valence-electron chi connectivity index (χ1n) is 3.82. The molecule has 1 heterocycles. The van der Waals surface area contributed by atoms with Crippen LogP contribution in [0, 0.1) is 6.92 Å². The molecule has 4 nitrogen and oxygen atoms in total. The van der Waals surface area contributed by atoms with E-state index < -0.39 is 0 Å². The number of aryl methyl sites for hydroxylation is 1. The predicted octanol–water partition coefficient (Wildman–Crippen LogP) is 0.626. The molecule has 1 atom stereocenters. The van der Waals surface area contributed by atoms with Gasteiger partial charge in [0.15, 0.2) is 0 Å². The van der Waals surface area contributed by atoms with Crippen LogP contribution < -0.4 is 5.73 Å². The molecule has 1 rings (SSSR count). The monoisotopic (exact) mass is 154 g/mol. The third kappa shape index (κ3) is 1.40. The van der Waals surface area contributed by atoms with Gasteiger partial charge in [-0.15, -0.1) is 5.10 Å². The molecule has 0 amide bonds. The van der Waals surface area contributed by atoms with E-state index in [1.165, 1.54) is 0 Å². The van der Waals surface area contributed by atoms with Crippen molar-refractivity contribution < 1.29 is 0 Å². The zero-order chi connectivity index (χ0) is 8.43. The molecule has 0 radical (unpaired) electrons. The Bertz CT molecular complexity index is 239. The molecule has 1 unspecified atom stereocenters. The molecule has 0 aliphatic carbocycles. The predicted molar refractivity (Wildman–Crippen MR) is 43.0 cm³/mol. The van der Waals surface area contributed by atoms with Crippen molar-refractivity contribution in [2.45, 2.75) is 33.4 Å². The molecule has 1 aromatic rings. The second-order valence-corrected chi connectivity index (χ2v) is 2.66. The summed E-state index contributed by atoms with van der Waals surface area (Å²) in [6, 6.07) is -0.0182. The van der Waals surface area contributed by atoms with Crippen LogP contribution >= 0.6 is 0 Å². The number of hydrogen-bond donors (Lipinski definition) is 1. The Morgan fingerprint density at radius 2 is 2.27 bits per heavy atom.